The number of anilines is 1. The first-order valence-corrected chi connectivity index (χ1v) is 8.64. The molecule has 4 nitrogen and oxygen atoms in total. The van der Waals surface area contributed by atoms with Crippen molar-refractivity contribution in [2.45, 2.75) is 32.2 Å². The summed E-state index contributed by atoms with van der Waals surface area (Å²) in [6, 6.07) is 12.9. The third kappa shape index (κ3) is 2.89. The second kappa shape index (κ2) is 6.29. The zero-order valence-electron chi connectivity index (χ0n) is 13.3. The average molecular weight is 340 g/mol. The van der Waals surface area contributed by atoms with E-state index >= 15 is 0 Å². The molecular weight excluding hydrogens is 322 g/mol. The van der Waals surface area contributed by atoms with Crippen molar-refractivity contribution in [3.05, 3.63) is 58.9 Å². The lowest BCUT2D eigenvalue weighted by Gasteiger charge is -2.07. The average Bonchev–Trinajstić information content (AvgIpc) is 2.75. The van der Waals surface area contributed by atoms with E-state index in [4.69, 9.17) is 16.6 Å². The van der Waals surface area contributed by atoms with Gasteiger partial charge >= 0.3 is 0 Å². The van der Waals surface area contributed by atoms with Crippen LogP contribution in [-0.2, 0) is 13.0 Å². The van der Waals surface area contributed by atoms with Crippen molar-refractivity contribution in [1.29, 1.82) is 0 Å². The molecular formula is C19H18ClN3O. The maximum atomic E-state index is 12.3. The highest BCUT2D eigenvalue weighted by atomic mass is 35.5. The second-order valence-electron chi connectivity index (χ2n) is 6.16. The molecule has 1 N–H and O–H groups in total. The summed E-state index contributed by atoms with van der Waals surface area (Å²) in [5.41, 5.74) is 3.38. The largest absolute Gasteiger partial charge is 0.328 e. The quantitative estimate of drug-likeness (QED) is 0.737. The van der Waals surface area contributed by atoms with Gasteiger partial charge in [-0.05, 0) is 49.2 Å². The summed E-state index contributed by atoms with van der Waals surface area (Å²) in [7, 11) is 0. The Kier molecular flexibility index (Phi) is 3.98. The number of hydrogen-bond acceptors (Lipinski definition) is 2. The van der Waals surface area contributed by atoms with E-state index in [1.807, 2.05) is 18.2 Å². The molecule has 4 rings (SSSR count). The zero-order valence-corrected chi connectivity index (χ0v) is 14.0. The summed E-state index contributed by atoms with van der Waals surface area (Å²) in [5, 5.41) is 3.48. The molecule has 0 saturated carbocycles. The van der Waals surface area contributed by atoms with E-state index in [1.165, 1.54) is 19.3 Å². The molecule has 1 aliphatic heterocycles. The number of carbonyl (C=O) groups is 1. The fourth-order valence-corrected chi connectivity index (χ4v) is 3.45. The van der Waals surface area contributed by atoms with E-state index in [2.05, 4.69) is 9.88 Å². The summed E-state index contributed by atoms with van der Waals surface area (Å²) in [5.74, 6) is 0.985. The first kappa shape index (κ1) is 15.2. The van der Waals surface area contributed by atoms with E-state index < -0.39 is 0 Å². The smallest absolute Gasteiger partial charge is 0.255 e. The van der Waals surface area contributed by atoms with Gasteiger partial charge in [-0.15, -0.1) is 0 Å². The van der Waals surface area contributed by atoms with Gasteiger partial charge in [-0.25, -0.2) is 4.98 Å². The number of amides is 1. The minimum absolute atomic E-state index is 0.169. The third-order valence-electron chi connectivity index (χ3n) is 4.45. The van der Waals surface area contributed by atoms with Crippen LogP contribution in [0.15, 0.2) is 42.5 Å². The predicted molar refractivity (Wildman–Crippen MR) is 96.7 cm³/mol. The number of halogens is 1. The van der Waals surface area contributed by atoms with Gasteiger partial charge in [-0.3, -0.25) is 4.79 Å². The topological polar surface area (TPSA) is 46.9 Å². The molecule has 3 aromatic rings. The van der Waals surface area contributed by atoms with Crippen molar-refractivity contribution in [3.8, 4) is 0 Å². The molecule has 2 heterocycles. The third-order valence-corrected chi connectivity index (χ3v) is 4.69. The van der Waals surface area contributed by atoms with Crippen LogP contribution in [0.1, 0.15) is 35.4 Å². The standard InChI is InChI=1S/C19H18ClN3O/c20-14-6-4-5-13(11-14)19(24)21-15-8-9-17-16(12-15)22-18-7-2-1-3-10-23(17)18/h4-6,8-9,11-12H,1-3,7,10H2,(H,21,24). The fourth-order valence-electron chi connectivity index (χ4n) is 3.26. The second-order valence-corrected chi connectivity index (χ2v) is 6.59. The molecule has 2 aromatic carbocycles. The van der Waals surface area contributed by atoms with Crippen LogP contribution < -0.4 is 5.32 Å². The molecule has 24 heavy (non-hydrogen) atoms. The van der Waals surface area contributed by atoms with Crippen molar-refractivity contribution in [2.75, 3.05) is 5.32 Å². The van der Waals surface area contributed by atoms with Crippen LogP contribution in [-0.4, -0.2) is 15.5 Å². The first-order chi connectivity index (χ1) is 11.7. The number of nitrogens with one attached hydrogen (secondary N) is 1. The number of fused-ring (bicyclic) bond motifs is 3. The molecule has 0 aliphatic carbocycles. The summed E-state index contributed by atoms with van der Waals surface area (Å²) in [6.45, 7) is 1.03. The van der Waals surface area contributed by atoms with Crippen LogP contribution in [0.5, 0.6) is 0 Å². The van der Waals surface area contributed by atoms with Crippen LogP contribution in [0.25, 0.3) is 11.0 Å². The molecule has 0 radical (unpaired) electrons. The molecule has 122 valence electrons. The Morgan fingerprint density at radius 2 is 2.04 bits per heavy atom. The van der Waals surface area contributed by atoms with Gasteiger partial charge in [0.1, 0.15) is 5.82 Å². The summed E-state index contributed by atoms with van der Waals surface area (Å²) in [6.07, 6.45) is 4.69. The van der Waals surface area contributed by atoms with Gasteiger partial charge in [-0.1, -0.05) is 24.1 Å². The maximum absolute atomic E-state index is 12.3. The molecule has 0 bridgehead atoms. The summed E-state index contributed by atoms with van der Waals surface area (Å²) in [4.78, 5) is 17.1. The van der Waals surface area contributed by atoms with Gasteiger partial charge in [0.05, 0.1) is 11.0 Å². The lowest BCUT2D eigenvalue weighted by atomic mass is 10.2. The van der Waals surface area contributed by atoms with Crippen molar-refractivity contribution < 1.29 is 4.79 Å². The van der Waals surface area contributed by atoms with E-state index in [0.29, 0.717) is 10.6 Å². The predicted octanol–water partition coefficient (Wildman–Crippen LogP) is 4.67. The Morgan fingerprint density at radius 1 is 1.12 bits per heavy atom. The minimum Gasteiger partial charge on any atom is -0.328 e. The Balaban J connectivity index is 1.62. The SMILES string of the molecule is O=C(Nc1ccc2c(c1)nc1n2CCCCC1)c1cccc(Cl)c1. The highest BCUT2D eigenvalue weighted by Crippen LogP contribution is 2.24. The van der Waals surface area contributed by atoms with Gasteiger partial charge < -0.3 is 9.88 Å². The highest BCUT2D eigenvalue weighted by Gasteiger charge is 2.14. The number of carbonyl (C=O) groups excluding carboxylic acids is 1. The zero-order chi connectivity index (χ0) is 16.5. The van der Waals surface area contributed by atoms with Gasteiger partial charge in [0.25, 0.3) is 5.91 Å². The Bertz CT molecular complexity index is 916. The van der Waals surface area contributed by atoms with Crippen molar-refractivity contribution >= 4 is 34.2 Å². The molecule has 0 unspecified atom stereocenters. The Labute approximate surface area is 145 Å². The van der Waals surface area contributed by atoms with Gasteiger partial charge in [0.15, 0.2) is 0 Å². The molecule has 0 spiro atoms. The molecule has 0 fully saturated rings. The normalized spacial score (nSPS) is 14.2. The van der Waals surface area contributed by atoms with E-state index in [-0.39, 0.29) is 5.91 Å². The van der Waals surface area contributed by atoms with Crippen molar-refractivity contribution in [1.82, 2.24) is 9.55 Å². The van der Waals surface area contributed by atoms with E-state index in [1.54, 1.807) is 24.3 Å². The van der Waals surface area contributed by atoms with Crippen LogP contribution in [0.2, 0.25) is 5.02 Å². The monoisotopic (exact) mass is 339 g/mol. The van der Waals surface area contributed by atoms with Gasteiger partial charge in [-0.2, -0.15) is 0 Å². The lowest BCUT2D eigenvalue weighted by molar-refractivity contribution is 0.102. The van der Waals surface area contributed by atoms with Crippen LogP contribution >= 0.6 is 11.6 Å². The first-order valence-electron chi connectivity index (χ1n) is 8.27. The highest BCUT2D eigenvalue weighted by molar-refractivity contribution is 6.31. The van der Waals surface area contributed by atoms with Gasteiger partial charge in [0.2, 0.25) is 0 Å². The van der Waals surface area contributed by atoms with Crippen molar-refractivity contribution in [3.63, 3.8) is 0 Å². The fraction of sp³-hybridized carbons (Fsp3) is 0.263. The molecule has 0 saturated heterocycles. The molecule has 1 amide bonds. The van der Waals surface area contributed by atoms with Crippen LogP contribution in [0, 0.1) is 0 Å². The molecule has 1 aromatic heterocycles. The number of imidazole rings is 1. The Morgan fingerprint density at radius 3 is 2.92 bits per heavy atom. The van der Waals surface area contributed by atoms with Crippen LogP contribution in [0.3, 0.4) is 0 Å². The number of benzene rings is 2. The summed E-state index contributed by atoms with van der Waals surface area (Å²) < 4.78 is 2.31. The number of aryl methyl sites for hydroxylation is 2. The molecule has 5 heteroatoms. The van der Waals surface area contributed by atoms with Gasteiger partial charge in [0, 0.05) is 29.2 Å². The number of hydrogen-bond donors (Lipinski definition) is 1. The van der Waals surface area contributed by atoms with Crippen LogP contribution in [0.4, 0.5) is 5.69 Å². The van der Waals surface area contributed by atoms with E-state index in [0.717, 1.165) is 35.5 Å². The maximum Gasteiger partial charge on any atom is 0.255 e. The van der Waals surface area contributed by atoms with Crippen molar-refractivity contribution in [2.24, 2.45) is 0 Å². The number of aromatic nitrogens is 2. The number of nitrogens with zero attached hydrogens (tertiary/aromatic N) is 2. The summed E-state index contributed by atoms with van der Waals surface area (Å²) >= 11 is 5.95. The molecule has 1 aliphatic rings. The lowest BCUT2D eigenvalue weighted by Crippen LogP contribution is -2.11. The minimum atomic E-state index is -0.169. The molecule has 0 atom stereocenters. The Hall–Kier alpha value is -2.33. The van der Waals surface area contributed by atoms with E-state index in [9.17, 15) is 4.79 Å². The number of rotatable bonds is 2.